The van der Waals surface area contributed by atoms with E-state index >= 15 is 0 Å². The molecular weight excluding hydrogens is 188 g/mol. The first-order chi connectivity index (χ1) is 7.02. The third-order valence-electron chi connectivity index (χ3n) is 2.58. The van der Waals surface area contributed by atoms with Crippen molar-refractivity contribution in [3.63, 3.8) is 0 Å². The average Bonchev–Trinajstić information content (AvgIpc) is 2.22. The molecule has 0 heterocycles. The number of nitrogens with one attached hydrogen (secondary N) is 1. The Hall–Kier alpha value is -0.590. The minimum Gasteiger partial charge on any atom is -0.393 e. The van der Waals surface area contributed by atoms with Gasteiger partial charge < -0.3 is 10.4 Å². The van der Waals surface area contributed by atoms with E-state index in [2.05, 4.69) is 11.4 Å². The summed E-state index contributed by atoms with van der Waals surface area (Å²) in [6, 6.07) is 2.29. The zero-order valence-electron chi connectivity index (χ0n) is 10.2. The van der Waals surface area contributed by atoms with Crippen LogP contribution in [0.5, 0.6) is 0 Å². The highest BCUT2D eigenvalue weighted by molar-refractivity contribution is 4.91. The summed E-state index contributed by atoms with van der Waals surface area (Å²) in [5.74, 6) is 0. The van der Waals surface area contributed by atoms with E-state index < -0.39 is 0 Å². The van der Waals surface area contributed by atoms with Gasteiger partial charge in [-0.25, -0.2) is 0 Å². The Morgan fingerprint density at radius 1 is 1.40 bits per heavy atom. The van der Waals surface area contributed by atoms with Crippen LogP contribution in [0.1, 0.15) is 46.5 Å². The average molecular weight is 212 g/mol. The highest BCUT2D eigenvalue weighted by atomic mass is 16.3. The Morgan fingerprint density at radius 3 is 2.60 bits per heavy atom. The molecule has 88 valence electrons. The van der Waals surface area contributed by atoms with E-state index in [-0.39, 0.29) is 11.5 Å². The number of hydrogen-bond acceptors (Lipinski definition) is 3. The molecule has 0 aromatic heterocycles. The van der Waals surface area contributed by atoms with Gasteiger partial charge in [0, 0.05) is 0 Å². The topological polar surface area (TPSA) is 56.0 Å². The Bertz CT molecular complexity index is 196. The molecule has 0 spiro atoms. The van der Waals surface area contributed by atoms with Gasteiger partial charge in [0.15, 0.2) is 0 Å². The predicted molar refractivity (Wildman–Crippen MR) is 62.4 cm³/mol. The van der Waals surface area contributed by atoms with Crippen LogP contribution in [0.4, 0.5) is 0 Å². The minimum absolute atomic E-state index is 0.173. The van der Waals surface area contributed by atoms with E-state index in [9.17, 15) is 5.11 Å². The van der Waals surface area contributed by atoms with Gasteiger partial charge in [-0.15, -0.1) is 0 Å². The fraction of sp³-hybridized carbons (Fsp3) is 0.917. The molecule has 0 saturated heterocycles. The lowest BCUT2D eigenvalue weighted by Gasteiger charge is -2.15. The summed E-state index contributed by atoms with van der Waals surface area (Å²) < 4.78 is 0. The van der Waals surface area contributed by atoms with Crippen LogP contribution < -0.4 is 5.32 Å². The zero-order valence-corrected chi connectivity index (χ0v) is 10.2. The van der Waals surface area contributed by atoms with Crippen LogP contribution in [0.25, 0.3) is 0 Å². The smallest absolute Gasteiger partial charge is 0.0683 e. The van der Waals surface area contributed by atoms with Crippen LogP contribution in [0.2, 0.25) is 0 Å². The van der Waals surface area contributed by atoms with E-state index in [1.54, 1.807) is 0 Å². The van der Waals surface area contributed by atoms with Crippen LogP contribution >= 0.6 is 0 Å². The first kappa shape index (κ1) is 14.4. The molecule has 1 atom stereocenters. The number of nitrogens with zero attached hydrogens (tertiary/aromatic N) is 1. The predicted octanol–water partition coefficient (Wildman–Crippen LogP) is 2.07. The number of aliphatic hydroxyl groups excluding tert-OH is 1. The molecule has 3 nitrogen and oxygen atoms in total. The minimum atomic E-state index is -0.204. The van der Waals surface area contributed by atoms with E-state index in [1.165, 1.54) is 0 Å². The van der Waals surface area contributed by atoms with Crippen molar-refractivity contribution in [3.8, 4) is 6.07 Å². The second kappa shape index (κ2) is 7.67. The quantitative estimate of drug-likeness (QED) is 0.606. The molecule has 3 heteroatoms. The van der Waals surface area contributed by atoms with Gasteiger partial charge in [0.1, 0.15) is 0 Å². The van der Waals surface area contributed by atoms with Crippen molar-refractivity contribution < 1.29 is 5.11 Å². The molecule has 15 heavy (non-hydrogen) atoms. The van der Waals surface area contributed by atoms with Gasteiger partial charge in [0.05, 0.1) is 17.6 Å². The van der Waals surface area contributed by atoms with Crippen molar-refractivity contribution >= 4 is 0 Å². The van der Waals surface area contributed by atoms with Gasteiger partial charge in [-0.2, -0.15) is 5.26 Å². The lowest BCUT2D eigenvalue weighted by molar-refractivity contribution is 0.159. The number of hydrogen-bond donors (Lipinski definition) is 2. The fourth-order valence-corrected chi connectivity index (χ4v) is 1.31. The molecule has 1 unspecified atom stereocenters. The van der Waals surface area contributed by atoms with E-state index in [0.29, 0.717) is 0 Å². The van der Waals surface area contributed by atoms with Crippen molar-refractivity contribution in [3.05, 3.63) is 0 Å². The Kier molecular flexibility index (Phi) is 7.37. The van der Waals surface area contributed by atoms with E-state index in [0.717, 1.165) is 38.8 Å². The van der Waals surface area contributed by atoms with Gasteiger partial charge in [-0.05, 0) is 52.6 Å². The molecule has 0 aromatic rings. The number of nitriles is 1. The van der Waals surface area contributed by atoms with Crippen LogP contribution in [0.3, 0.4) is 0 Å². The molecular formula is C12H24N2O. The largest absolute Gasteiger partial charge is 0.393 e. The molecule has 0 radical (unpaired) electrons. The Balaban J connectivity index is 3.30. The van der Waals surface area contributed by atoms with Gasteiger partial charge in [-0.1, -0.05) is 6.92 Å². The number of rotatable bonds is 8. The molecule has 0 amide bonds. The molecule has 0 aliphatic carbocycles. The molecule has 0 aliphatic heterocycles. The van der Waals surface area contributed by atoms with Gasteiger partial charge >= 0.3 is 0 Å². The maximum atomic E-state index is 9.30. The summed E-state index contributed by atoms with van der Waals surface area (Å²) in [5.41, 5.74) is -0.204. The zero-order chi connectivity index (χ0) is 11.7. The summed E-state index contributed by atoms with van der Waals surface area (Å²) in [6.45, 7) is 7.71. The lowest BCUT2D eigenvalue weighted by atomic mass is 9.90. The highest BCUT2D eigenvalue weighted by Gasteiger charge is 2.15. The first-order valence-electron chi connectivity index (χ1n) is 5.82. The summed E-state index contributed by atoms with van der Waals surface area (Å²) in [5, 5.41) is 21.4. The SMILES string of the molecule is CCC(O)CCNCCCC(C)(C)C#N. The maximum absolute atomic E-state index is 9.30. The molecule has 0 rings (SSSR count). The lowest BCUT2D eigenvalue weighted by Crippen LogP contribution is -2.22. The van der Waals surface area contributed by atoms with Crippen LogP contribution in [0.15, 0.2) is 0 Å². The second-order valence-corrected chi connectivity index (χ2v) is 4.70. The molecule has 0 saturated carbocycles. The normalized spacial score (nSPS) is 13.5. The van der Waals surface area contributed by atoms with Crippen molar-refractivity contribution in [2.24, 2.45) is 5.41 Å². The van der Waals surface area contributed by atoms with E-state index in [4.69, 9.17) is 5.26 Å². The third-order valence-corrected chi connectivity index (χ3v) is 2.58. The molecule has 0 aromatic carbocycles. The summed E-state index contributed by atoms with van der Waals surface area (Å²) in [4.78, 5) is 0. The Morgan fingerprint density at radius 2 is 2.07 bits per heavy atom. The van der Waals surface area contributed by atoms with Crippen LogP contribution in [-0.2, 0) is 0 Å². The summed E-state index contributed by atoms with van der Waals surface area (Å²) in [6.07, 6.45) is 3.41. The first-order valence-corrected chi connectivity index (χ1v) is 5.82. The summed E-state index contributed by atoms with van der Waals surface area (Å²) in [7, 11) is 0. The van der Waals surface area contributed by atoms with Crippen molar-refractivity contribution in [1.29, 1.82) is 5.26 Å². The second-order valence-electron chi connectivity index (χ2n) is 4.70. The van der Waals surface area contributed by atoms with Crippen LogP contribution in [-0.4, -0.2) is 24.3 Å². The summed E-state index contributed by atoms with van der Waals surface area (Å²) >= 11 is 0. The van der Waals surface area contributed by atoms with Crippen molar-refractivity contribution in [2.45, 2.75) is 52.6 Å². The fourth-order valence-electron chi connectivity index (χ4n) is 1.31. The third kappa shape index (κ3) is 8.41. The Labute approximate surface area is 93.5 Å². The molecule has 2 N–H and O–H groups in total. The van der Waals surface area contributed by atoms with E-state index in [1.807, 2.05) is 20.8 Å². The van der Waals surface area contributed by atoms with Crippen molar-refractivity contribution in [1.82, 2.24) is 5.32 Å². The molecule has 0 fully saturated rings. The molecule has 0 bridgehead atoms. The van der Waals surface area contributed by atoms with Gasteiger partial charge in [0.25, 0.3) is 0 Å². The standard InChI is InChI=1S/C12H24N2O/c1-4-11(15)6-9-14-8-5-7-12(2,3)10-13/h11,14-15H,4-9H2,1-3H3. The van der Waals surface area contributed by atoms with Crippen molar-refractivity contribution in [2.75, 3.05) is 13.1 Å². The molecule has 0 aliphatic rings. The monoisotopic (exact) mass is 212 g/mol. The maximum Gasteiger partial charge on any atom is 0.0683 e. The van der Waals surface area contributed by atoms with Gasteiger partial charge in [-0.3, -0.25) is 0 Å². The number of aliphatic hydroxyl groups is 1. The van der Waals surface area contributed by atoms with Gasteiger partial charge in [0.2, 0.25) is 0 Å². The van der Waals surface area contributed by atoms with Crippen LogP contribution in [0, 0.1) is 16.7 Å². The highest BCUT2D eigenvalue weighted by Crippen LogP contribution is 2.19.